The van der Waals surface area contributed by atoms with Gasteiger partial charge in [0, 0.05) is 6.42 Å². The quantitative estimate of drug-likeness (QED) is 0.319. The third-order valence-corrected chi connectivity index (χ3v) is 2.63. The molecule has 1 rings (SSSR count). The molecule has 118 valence electrons. The SMILES string of the molecule is N[C@@H](CO)C(=O)N[C@@H](Cc1ccc(O)c(O)c1)C(=O)O.O. The Bertz CT molecular complexity index is 506. The van der Waals surface area contributed by atoms with E-state index in [1.54, 1.807) is 0 Å². The van der Waals surface area contributed by atoms with Crippen LogP contribution in [-0.4, -0.2) is 56.5 Å². The van der Waals surface area contributed by atoms with Crippen LogP contribution in [0.2, 0.25) is 0 Å². The molecule has 0 saturated carbocycles. The van der Waals surface area contributed by atoms with E-state index < -0.39 is 30.6 Å². The van der Waals surface area contributed by atoms with Crippen LogP contribution in [0.15, 0.2) is 18.2 Å². The molecule has 0 aliphatic heterocycles. The number of nitrogens with two attached hydrogens (primary N) is 1. The summed E-state index contributed by atoms with van der Waals surface area (Å²) in [6.07, 6.45) is -0.104. The molecule has 0 fully saturated rings. The van der Waals surface area contributed by atoms with Crippen molar-refractivity contribution in [2.75, 3.05) is 6.61 Å². The summed E-state index contributed by atoms with van der Waals surface area (Å²) >= 11 is 0. The van der Waals surface area contributed by atoms with Gasteiger partial charge in [-0.3, -0.25) is 4.79 Å². The third-order valence-electron chi connectivity index (χ3n) is 2.63. The first kappa shape index (κ1) is 18.6. The number of nitrogens with one attached hydrogen (secondary N) is 1. The zero-order chi connectivity index (χ0) is 15.3. The summed E-state index contributed by atoms with van der Waals surface area (Å²) in [6, 6.07) is 1.37. The molecule has 0 spiro atoms. The Morgan fingerprint density at radius 1 is 1.24 bits per heavy atom. The summed E-state index contributed by atoms with van der Waals surface area (Å²) in [4.78, 5) is 22.5. The van der Waals surface area contributed by atoms with E-state index in [0.717, 1.165) is 0 Å². The maximum atomic E-state index is 11.5. The van der Waals surface area contributed by atoms with E-state index in [0.29, 0.717) is 5.56 Å². The van der Waals surface area contributed by atoms with Gasteiger partial charge in [-0.05, 0) is 17.7 Å². The molecule has 1 aromatic rings. The molecular formula is C12H18N2O7. The van der Waals surface area contributed by atoms with E-state index in [2.05, 4.69) is 5.32 Å². The second-order valence-corrected chi connectivity index (χ2v) is 4.22. The number of carbonyl (C=O) groups is 2. The van der Waals surface area contributed by atoms with Crippen molar-refractivity contribution < 1.29 is 35.5 Å². The second kappa shape index (κ2) is 8.04. The van der Waals surface area contributed by atoms with Gasteiger partial charge in [0.1, 0.15) is 12.1 Å². The van der Waals surface area contributed by atoms with Crippen LogP contribution in [0.4, 0.5) is 0 Å². The average molecular weight is 302 g/mol. The van der Waals surface area contributed by atoms with Gasteiger partial charge >= 0.3 is 5.97 Å². The Morgan fingerprint density at radius 2 is 1.86 bits per heavy atom. The zero-order valence-corrected chi connectivity index (χ0v) is 11.0. The Hall–Kier alpha value is -2.36. The van der Waals surface area contributed by atoms with Crippen LogP contribution in [0, 0.1) is 0 Å². The Labute approximate surface area is 119 Å². The lowest BCUT2D eigenvalue weighted by Crippen LogP contribution is -2.50. The number of carboxylic acids is 1. The fourth-order valence-corrected chi connectivity index (χ4v) is 1.49. The van der Waals surface area contributed by atoms with Crippen molar-refractivity contribution in [3.05, 3.63) is 23.8 Å². The van der Waals surface area contributed by atoms with Gasteiger partial charge < -0.3 is 37.0 Å². The summed E-state index contributed by atoms with van der Waals surface area (Å²) < 4.78 is 0. The summed E-state index contributed by atoms with van der Waals surface area (Å²) in [5, 5.41) is 38.4. The van der Waals surface area contributed by atoms with Crippen molar-refractivity contribution in [3.8, 4) is 11.5 Å². The molecular weight excluding hydrogens is 284 g/mol. The molecule has 0 saturated heterocycles. The van der Waals surface area contributed by atoms with E-state index in [4.69, 9.17) is 21.1 Å². The van der Waals surface area contributed by atoms with Gasteiger partial charge in [-0.15, -0.1) is 0 Å². The molecule has 0 aromatic heterocycles. The number of aliphatic carboxylic acids is 1. The van der Waals surface area contributed by atoms with Gasteiger partial charge in [-0.25, -0.2) is 4.79 Å². The maximum absolute atomic E-state index is 11.5. The summed E-state index contributed by atoms with van der Waals surface area (Å²) in [7, 11) is 0. The van der Waals surface area contributed by atoms with Crippen LogP contribution in [0.25, 0.3) is 0 Å². The van der Waals surface area contributed by atoms with Crippen LogP contribution in [0.1, 0.15) is 5.56 Å². The number of aliphatic hydroxyl groups excluding tert-OH is 1. The Balaban J connectivity index is 0.00000400. The fourth-order valence-electron chi connectivity index (χ4n) is 1.49. The molecule has 0 radical (unpaired) electrons. The van der Waals surface area contributed by atoms with Crippen molar-refractivity contribution in [1.29, 1.82) is 0 Å². The van der Waals surface area contributed by atoms with E-state index in [1.807, 2.05) is 0 Å². The number of hydrogen-bond donors (Lipinski definition) is 6. The first-order chi connectivity index (χ1) is 9.35. The maximum Gasteiger partial charge on any atom is 0.326 e. The molecule has 0 aliphatic carbocycles. The largest absolute Gasteiger partial charge is 0.504 e. The Kier molecular flexibility index (Phi) is 7.14. The minimum atomic E-state index is -1.28. The normalized spacial score (nSPS) is 12.9. The summed E-state index contributed by atoms with van der Waals surface area (Å²) in [5.41, 5.74) is 5.68. The highest BCUT2D eigenvalue weighted by atomic mass is 16.4. The van der Waals surface area contributed by atoms with Crippen molar-refractivity contribution in [2.45, 2.75) is 18.5 Å². The summed E-state index contributed by atoms with van der Waals surface area (Å²) in [6.45, 7) is -0.599. The predicted molar refractivity (Wildman–Crippen MR) is 71.7 cm³/mol. The van der Waals surface area contributed by atoms with Gasteiger partial charge in [0.05, 0.1) is 6.61 Å². The number of aliphatic hydroxyl groups is 1. The number of rotatable bonds is 6. The topological polar surface area (TPSA) is 185 Å². The first-order valence-electron chi connectivity index (χ1n) is 5.75. The Morgan fingerprint density at radius 3 is 2.33 bits per heavy atom. The van der Waals surface area contributed by atoms with Crippen LogP contribution in [0.3, 0.4) is 0 Å². The highest BCUT2D eigenvalue weighted by molar-refractivity contribution is 5.87. The second-order valence-electron chi connectivity index (χ2n) is 4.22. The molecule has 9 N–H and O–H groups in total. The molecule has 2 atom stereocenters. The smallest absolute Gasteiger partial charge is 0.326 e. The van der Waals surface area contributed by atoms with Crippen LogP contribution in [-0.2, 0) is 16.0 Å². The van der Waals surface area contributed by atoms with Crippen LogP contribution in [0.5, 0.6) is 11.5 Å². The van der Waals surface area contributed by atoms with Crippen molar-refractivity contribution in [2.24, 2.45) is 5.73 Å². The minimum Gasteiger partial charge on any atom is -0.504 e. The molecule has 0 aliphatic rings. The average Bonchev–Trinajstić information content (AvgIpc) is 2.40. The molecule has 9 heteroatoms. The van der Waals surface area contributed by atoms with Crippen molar-refractivity contribution in [3.63, 3.8) is 0 Å². The van der Waals surface area contributed by atoms with Gasteiger partial charge in [0.25, 0.3) is 0 Å². The highest BCUT2D eigenvalue weighted by Crippen LogP contribution is 2.25. The molecule has 0 heterocycles. The number of aromatic hydroxyl groups is 2. The lowest BCUT2D eigenvalue weighted by molar-refractivity contribution is -0.142. The molecule has 21 heavy (non-hydrogen) atoms. The molecule has 1 amide bonds. The first-order valence-corrected chi connectivity index (χ1v) is 5.75. The van der Waals surface area contributed by atoms with Gasteiger partial charge in [-0.2, -0.15) is 0 Å². The van der Waals surface area contributed by atoms with Crippen molar-refractivity contribution >= 4 is 11.9 Å². The molecule has 0 unspecified atom stereocenters. The monoisotopic (exact) mass is 302 g/mol. The predicted octanol–water partition coefficient (Wildman–Crippen LogP) is -2.30. The van der Waals surface area contributed by atoms with Gasteiger partial charge in [-0.1, -0.05) is 6.07 Å². The standard InChI is InChI=1S/C12H16N2O6.H2O/c13-7(5-15)11(18)14-8(12(19)20)3-6-1-2-9(16)10(17)4-6;/h1-2,4,7-8,15-17H,3,5,13H2,(H,14,18)(H,19,20);1H2/t7-,8-;/m0./s1. The van der Waals surface area contributed by atoms with Crippen LogP contribution < -0.4 is 11.1 Å². The summed E-state index contributed by atoms with van der Waals surface area (Å²) in [5.74, 6) is -2.78. The van der Waals surface area contributed by atoms with E-state index >= 15 is 0 Å². The lowest BCUT2D eigenvalue weighted by atomic mass is 10.0. The molecule has 9 nitrogen and oxygen atoms in total. The highest BCUT2D eigenvalue weighted by Gasteiger charge is 2.23. The number of benzene rings is 1. The number of carboxylic acid groups (broad SMARTS) is 1. The number of amides is 1. The number of phenols is 2. The number of phenolic OH excluding ortho intramolecular Hbond substituents is 2. The van der Waals surface area contributed by atoms with E-state index in [1.165, 1.54) is 18.2 Å². The lowest BCUT2D eigenvalue weighted by Gasteiger charge is -2.17. The molecule has 0 bridgehead atoms. The zero-order valence-electron chi connectivity index (χ0n) is 11.0. The van der Waals surface area contributed by atoms with E-state index in [9.17, 15) is 14.7 Å². The number of carbonyl (C=O) groups excluding carboxylic acids is 1. The fraction of sp³-hybridized carbons (Fsp3) is 0.333. The molecule has 1 aromatic carbocycles. The van der Waals surface area contributed by atoms with Crippen LogP contribution >= 0.6 is 0 Å². The minimum absolute atomic E-state index is 0. The van der Waals surface area contributed by atoms with E-state index in [-0.39, 0.29) is 23.4 Å². The number of hydrogen-bond acceptors (Lipinski definition) is 6. The third kappa shape index (κ3) is 5.26. The van der Waals surface area contributed by atoms with Gasteiger partial charge in [0.15, 0.2) is 11.5 Å². The van der Waals surface area contributed by atoms with Crippen molar-refractivity contribution in [1.82, 2.24) is 5.32 Å². The van der Waals surface area contributed by atoms with Gasteiger partial charge in [0.2, 0.25) is 5.91 Å².